The highest BCUT2D eigenvalue weighted by atomic mass is 16.5. The third-order valence-electron chi connectivity index (χ3n) is 3.35. The Morgan fingerprint density at radius 1 is 1.23 bits per heavy atom. The highest BCUT2D eigenvalue weighted by Crippen LogP contribution is 2.18. The van der Waals surface area contributed by atoms with Gasteiger partial charge in [0.05, 0.1) is 7.11 Å². The Morgan fingerprint density at radius 2 is 2.00 bits per heavy atom. The molecule has 3 aromatic rings. The molecule has 1 amide bonds. The number of carbonyl (C=O) groups is 1. The number of nitrogens with zero attached hydrogens (tertiary/aromatic N) is 1. The number of furan rings is 1. The van der Waals surface area contributed by atoms with Gasteiger partial charge in [-0.05, 0) is 36.8 Å². The minimum absolute atomic E-state index is 0.258. The Hall–Kier alpha value is -2.82. The van der Waals surface area contributed by atoms with Gasteiger partial charge in [0, 0.05) is 18.3 Å². The Kier molecular flexibility index (Phi) is 3.78. The second-order valence-electron chi connectivity index (χ2n) is 4.98. The fraction of sp³-hybridized carbons (Fsp3) is 0.176. The average molecular weight is 296 g/mol. The minimum Gasteiger partial charge on any atom is -0.497 e. The molecule has 0 unspecified atom stereocenters. The van der Waals surface area contributed by atoms with Crippen LogP contribution >= 0.6 is 0 Å². The smallest absolute Gasteiger partial charge is 0.287 e. The largest absolute Gasteiger partial charge is 0.497 e. The zero-order valence-corrected chi connectivity index (χ0v) is 12.4. The van der Waals surface area contributed by atoms with E-state index in [1.165, 1.54) is 0 Å². The predicted molar refractivity (Wildman–Crippen MR) is 82.9 cm³/mol. The monoisotopic (exact) mass is 296 g/mol. The molecule has 0 saturated carbocycles. The van der Waals surface area contributed by atoms with Gasteiger partial charge in [-0.1, -0.05) is 12.1 Å². The lowest BCUT2D eigenvalue weighted by molar-refractivity contribution is 0.0925. The maximum atomic E-state index is 12.1. The summed E-state index contributed by atoms with van der Waals surface area (Å²) >= 11 is 0. The van der Waals surface area contributed by atoms with Crippen LogP contribution in [-0.4, -0.2) is 18.0 Å². The Morgan fingerprint density at radius 3 is 2.73 bits per heavy atom. The maximum absolute atomic E-state index is 12.1. The summed E-state index contributed by atoms with van der Waals surface area (Å²) in [5, 5.41) is 2.83. The molecule has 1 N–H and O–H groups in total. The van der Waals surface area contributed by atoms with Gasteiger partial charge in [-0.15, -0.1) is 0 Å². The fourth-order valence-electron chi connectivity index (χ4n) is 2.15. The molecule has 0 aliphatic heterocycles. The fourth-order valence-corrected chi connectivity index (χ4v) is 2.15. The summed E-state index contributed by atoms with van der Waals surface area (Å²) in [4.78, 5) is 16.5. The molecule has 112 valence electrons. The summed E-state index contributed by atoms with van der Waals surface area (Å²) in [6.07, 6.45) is 0. The van der Waals surface area contributed by atoms with Crippen LogP contribution in [0.25, 0.3) is 11.1 Å². The number of benzene rings is 1. The number of rotatable bonds is 4. The van der Waals surface area contributed by atoms with Crippen molar-refractivity contribution in [3.63, 3.8) is 0 Å². The van der Waals surface area contributed by atoms with Gasteiger partial charge in [-0.2, -0.15) is 0 Å². The van der Waals surface area contributed by atoms with E-state index < -0.39 is 0 Å². The molecular weight excluding hydrogens is 280 g/mol. The number of ether oxygens (including phenoxy) is 1. The Balaban J connectivity index is 1.69. The first-order valence-corrected chi connectivity index (χ1v) is 6.94. The van der Waals surface area contributed by atoms with Crippen LogP contribution < -0.4 is 10.1 Å². The van der Waals surface area contributed by atoms with Gasteiger partial charge in [0.15, 0.2) is 11.3 Å². The summed E-state index contributed by atoms with van der Waals surface area (Å²) in [5.74, 6) is 0.793. The van der Waals surface area contributed by atoms with Crippen molar-refractivity contribution in [1.82, 2.24) is 10.3 Å². The molecule has 0 atom stereocenters. The van der Waals surface area contributed by atoms with E-state index in [9.17, 15) is 4.79 Å². The van der Waals surface area contributed by atoms with Crippen LogP contribution in [0.3, 0.4) is 0 Å². The number of fused-ring (bicyclic) bond motifs is 1. The number of carbonyl (C=O) groups excluding carboxylic acids is 1. The van der Waals surface area contributed by atoms with E-state index >= 15 is 0 Å². The van der Waals surface area contributed by atoms with Gasteiger partial charge in [0.25, 0.3) is 5.91 Å². The third kappa shape index (κ3) is 2.93. The molecule has 2 heterocycles. The van der Waals surface area contributed by atoms with Gasteiger partial charge < -0.3 is 14.5 Å². The molecule has 5 heteroatoms. The number of aromatic nitrogens is 1. The predicted octanol–water partition coefficient (Wildman–Crippen LogP) is 3.07. The van der Waals surface area contributed by atoms with Gasteiger partial charge in [0.2, 0.25) is 0 Å². The normalized spacial score (nSPS) is 10.6. The van der Waals surface area contributed by atoms with Gasteiger partial charge >= 0.3 is 0 Å². The van der Waals surface area contributed by atoms with Crippen LogP contribution in [0.4, 0.5) is 0 Å². The van der Waals surface area contributed by atoms with Crippen molar-refractivity contribution in [3.05, 3.63) is 59.5 Å². The molecular formula is C17H16N2O3. The highest BCUT2D eigenvalue weighted by Gasteiger charge is 2.12. The number of nitrogens with one attached hydrogen (secondary N) is 1. The Bertz CT molecular complexity index is 806. The molecule has 1 aromatic carbocycles. The third-order valence-corrected chi connectivity index (χ3v) is 3.35. The standard InChI is InChI=1S/C17H16N2O3/c1-11-3-8-15-14(19-11)9-16(22-15)17(20)18-10-12-4-6-13(21-2)7-5-12/h3-9H,10H2,1-2H3,(H,18,20). The van der Waals surface area contributed by atoms with E-state index in [0.717, 1.165) is 17.0 Å². The first-order chi connectivity index (χ1) is 10.7. The lowest BCUT2D eigenvalue weighted by Gasteiger charge is -2.04. The zero-order chi connectivity index (χ0) is 15.5. The van der Waals surface area contributed by atoms with Crippen LogP contribution in [-0.2, 0) is 6.54 Å². The lowest BCUT2D eigenvalue weighted by Crippen LogP contribution is -2.22. The van der Waals surface area contributed by atoms with Crippen LogP contribution in [0.2, 0.25) is 0 Å². The van der Waals surface area contributed by atoms with E-state index in [2.05, 4.69) is 10.3 Å². The summed E-state index contributed by atoms with van der Waals surface area (Å²) in [6, 6.07) is 12.9. The van der Waals surface area contributed by atoms with E-state index in [1.807, 2.05) is 43.3 Å². The van der Waals surface area contributed by atoms with E-state index in [4.69, 9.17) is 9.15 Å². The number of amides is 1. The van der Waals surface area contributed by atoms with Crippen molar-refractivity contribution in [1.29, 1.82) is 0 Å². The number of hydrogen-bond donors (Lipinski definition) is 1. The van der Waals surface area contributed by atoms with Crippen molar-refractivity contribution in [2.75, 3.05) is 7.11 Å². The van der Waals surface area contributed by atoms with Crippen molar-refractivity contribution < 1.29 is 13.9 Å². The first-order valence-electron chi connectivity index (χ1n) is 6.94. The van der Waals surface area contributed by atoms with E-state index in [1.54, 1.807) is 13.2 Å². The number of aryl methyl sites for hydroxylation is 1. The molecule has 0 radical (unpaired) electrons. The molecule has 2 aromatic heterocycles. The topological polar surface area (TPSA) is 64.4 Å². The van der Waals surface area contributed by atoms with E-state index in [0.29, 0.717) is 17.6 Å². The maximum Gasteiger partial charge on any atom is 0.287 e. The minimum atomic E-state index is -0.258. The molecule has 5 nitrogen and oxygen atoms in total. The van der Waals surface area contributed by atoms with Crippen LogP contribution in [0, 0.1) is 6.92 Å². The van der Waals surface area contributed by atoms with Gasteiger partial charge in [-0.3, -0.25) is 4.79 Å². The average Bonchev–Trinajstić information content (AvgIpc) is 2.96. The molecule has 0 bridgehead atoms. The van der Waals surface area contributed by atoms with Gasteiger partial charge in [-0.25, -0.2) is 4.98 Å². The van der Waals surface area contributed by atoms with Crippen molar-refractivity contribution >= 4 is 17.0 Å². The van der Waals surface area contributed by atoms with Crippen molar-refractivity contribution in [2.45, 2.75) is 13.5 Å². The van der Waals surface area contributed by atoms with Gasteiger partial charge in [0.1, 0.15) is 11.3 Å². The zero-order valence-electron chi connectivity index (χ0n) is 12.4. The summed E-state index contributed by atoms with van der Waals surface area (Å²) in [6.45, 7) is 2.32. The molecule has 22 heavy (non-hydrogen) atoms. The number of hydrogen-bond acceptors (Lipinski definition) is 4. The number of methoxy groups -OCH3 is 1. The summed E-state index contributed by atoms with van der Waals surface area (Å²) in [7, 11) is 1.62. The lowest BCUT2D eigenvalue weighted by atomic mass is 10.2. The first kappa shape index (κ1) is 14.1. The molecule has 0 fully saturated rings. The second-order valence-corrected chi connectivity index (χ2v) is 4.98. The summed E-state index contributed by atoms with van der Waals surface area (Å²) < 4.78 is 10.6. The van der Waals surface area contributed by atoms with Crippen molar-refractivity contribution in [3.8, 4) is 5.75 Å². The van der Waals surface area contributed by atoms with E-state index in [-0.39, 0.29) is 11.7 Å². The Labute approximate surface area is 127 Å². The molecule has 0 saturated heterocycles. The highest BCUT2D eigenvalue weighted by molar-refractivity contribution is 5.95. The summed E-state index contributed by atoms with van der Waals surface area (Å²) in [5.41, 5.74) is 3.17. The van der Waals surface area contributed by atoms with Crippen LogP contribution in [0.15, 0.2) is 46.9 Å². The van der Waals surface area contributed by atoms with Crippen molar-refractivity contribution in [2.24, 2.45) is 0 Å². The molecule has 0 aliphatic carbocycles. The number of pyridine rings is 1. The van der Waals surface area contributed by atoms with Crippen LogP contribution in [0.5, 0.6) is 5.75 Å². The molecule has 0 aliphatic rings. The molecule has 3 rings (SSSR count). The van der Waals surface area contributed by atoms with Crippen LogP contribution in [0.1, 0.15) is 21.8 Å². The second kappa shape index (κ2) is 5.89. The quantitative estimate of drug-likeness (QED) is 0.803. The SMILES string of the molecule is COc1ccc(CNC(=O)c2cc3nc(C)ccc3o2)cc1. The molecule has 0 spiro atoms.